The van der Waals surface area contributed by atoms with E-state index in [1.165, 1.54) is 16.6 Å². The monoisotopic (exact) mass is 193 g/mol. The lowest BCUT2D eigenvalue weighted by Crippen LogP contribution is -2.15. The molecule has 2 aromatic carbocycles. The smallest absolute Gasteiger partial charge is 0.0874 e. The van der Waals surface area contributed by atoms with Crippen molar-refractivity contribution < 1.29 is 0 Å². The van der Waals surface area contributed by atoms with Gasteiger partial charge in [0.05, 0.1) is 0 Å². The molecule has 0 unspecified atom stereocenters. The van der Waals surface area contributed by atoms with Crippen molar-refractivity contribution >= 4 is 12.7 Å². The molecule has 73 valence electrons. The molecule has 0 saturated carbocycles. The van der Waals surface area contributed by atoms with Gasteiger partial charge in [-0.05, 0) is 13.2 Å². The summed E-state index contributed by atoms with van der Waals surface area (Å²) in [5.41, 5.74) is 3.97. The van der Waals surface area contributed by atoms with E-state index in [0.29, 0.717) is 0 Å². The molecule has 1 radical (unpaired) electrons. The first kappa shape index (κ1) is 10.0. The molecule has 0 aromatic heterocycles. The van der Waals surface area contributed by atoms with Gasteiger partial charge in [0, 0.05) is 0 Å². The predicted octanol–water partition coefficient (Wildman–Crippen LogP) is 2.52. The fraction of sp³-hybridized carbons (Fsp3) is 0.143. The lowest BCUT2D eigenvalue weighted by atomic mass is 9.65. The molecule has 1 heteroatoms. The van der Waals surface area contributed by atoms with E-state index in [1.807, 2.05) is 6.07 Å². The minimum absolute atomic E-state index is 1.00. The van der Waals surface area contributed by atoms with Crippen LogP contribution >= 0.6 is 0 Å². The van der Waals surface area contributed by atoms with E-state index >= 15 is 0 Å². The maximum atomic E-state index is 2.25. The Morgan fingerprint density at radius 3 is 2.20 bits per heavy atom. The largest absolute Gasteiger partial charge is 0.156 e. The summed E-state index contributed by atoms with van der Waals surface area (Å²) in [6, 6.07) is 19.2. The second-order valence-electron chi connectivity index (χ2n) is 3.80. The molecule has 0 heterocycles. The molecule has 0 atom stereocenters. The summed E-state index contributed by atoms with van der Waals surface area (Å²) in [6.45, 7) is 2.12. The van der Waals surface area contributed by atoms with Gasteiger partial charge in [0.2, 0.25) is 0 Å². The third kappa shape index (κ3) is 2.98. The highest BCUT2D eigenvalue weighted by molar-refractivity contribution is 6.52. The normalized spacial score (nSPS) is 9.93. The van der Waals surface area contributed by atoms with Crippen LogP contribution in [0.3, 0.4) is 0 Å². The van der Waals surface area contributed by atoms with Crippen LogP contribution < -0.4 is 5.46 Å². The second kappa shape index (κ2) is 4.83. The summed E-state index contributed by atoms with van der Waals surface area (Å²) < 4.78 is 0. The SMILES string of the molecule is Cc1ccc(C[B]c2ccccc2)cc1. The molecule has 0 saturated heterocycles. The first-order valence-corrected chi connectivity index (χ1v) is 5.28. The van der Waals surface area contributed by atoms with Crippen molar-refractivity contribution in [3.05, 3.63) is 65.7 Å². The first-order valence-electron chi connectivity index (χ1n) is 5.28. The van der Waals surface area contributed by atoms with Gasteiger partial charge in [0.15, 0.2) is 7.28 Å². The molecule has 2 rings (SSSR count). The summed E-state index contributed by atoms with van der Waals surface area (Å²) in [5, 5.41) is 0. The molecule has 0 aliphatic heterocycles. The molecule has 0 aliphatic rings. The van der Waals surface area contributed by atoms with Crippen LogP contribution in [0, 0.1) is 6.92 Å². The van der Waals surface area contributed by atoms with E-state index < -0.39 is 0 Å². The Hall–Kier alpha value is -1.50. The third-order valence-electron chi connectivity index (χ3n) is 2.49. The molecule has 0 fully saturated rings. The van der Waals surface area contributed by atoms with Crippen LogP contribution in [0.2, 0.25) is 0 Å². The average molecular weight is 193 g/mol. The van der Waals surface area contributed by atoms with Crippen molar-refractivity contribution in [2.45, 2.75) is 13.2 Å². The van der Waals surface area contributed by atoms with Crippen LogP contribution in [0.1, 0.15) is 11.1 Å². The van der Waals surface area contributed by atoms with Gasteiger partial charge in [0.25, 0.3) is 0 Å². The van der Waals surface area contributed by atoms with E-state index in [1.54, 1.807) is 0 Å². The quantitative estimate of drug-likeness (QED) is 0.657. The van der Waals surface area contributed by atoms with Crippen molar-refractivity contribution in [1.29, 1.82) is 0 Å². The summed E-state index contributed by atoms with van der Waals surface area (Å²) in [4.78, 5) is 0. The molecule has 2 aromatic rings. The Bertz CT molecular complexity index is 403. The van der Waals surface area contributed by atoms with Crippen molar-refractivity contribution in [1.82, 2.24) is 0 Å². The minimum Gasteiger partial charge on any atom is -0.0874 e. The van der Waals surface area contributed by atoms with Gasteiger partial charge in [-0.1, -0.05) is 71.2 Å². The molecular weight excluding hydrogens is 179 g/mol. The molecule has 15 heavy (non-hydrogen) atoms. The van der Waals surface area contributed by atoms with E-state index in [4.69, 9.17) is 0 Å². The Kier molecular flexibility index (Phi) is 3.23. The number of hydrogen-bond donors (Lipinski definition) is 0. The van der Waals surface area contributed by atoms with E-state index in [9.17, 15) is 0 Å². The first-order chi connectivity index (χ1) is 7.34. The van der Waals surface area contributed by atoms with Crippen LogP contribution in [0.25, 0.3) is 0 Å². The van der Waals surface area contributed by atoms with Crippen molar-refractivity contribution in [3.63, 3.8) is 0 Å². The zero-order chi connectivity index (χ0) is 10.5. The standard InChI is InChI=1S/C14H14B/c1-12-7-9-13(10-8-12)11-15-14-5-3-2-4-6-14/h2-10H,11H2,1H3. The molecule has 0 aliphatic carbocycles. The maximum absolute atomic E-state index is 2.25. The highest BCUT2D eigenvalue weighted by atomic mass is 13.9. The van der Waals surface area contributed by atoms with Crippen LogP contribution in [-0.4, -0.2) is 7.28 Å². The van der Waals surface area contributed by atoms with Crippen molar-refractivity contribution in [2.24, 2.45) is 0 Å². The van der Waals surface area contributed by atoms with Gasteiger partial charge in [-0.25, -0.2) is 0 Å². The van der Waals surface area contributed by atoms with Gasteiger partial charge >= 0.3 is 0 Å². The molecule has 0 N–H and O–H groups in total. The van der Waals surface area contributed by atoms with Crippen LogP contribution in [-0.2, 0) is 6.32 Å². The zero-order valence-electron chi connectivity index (χ0n) is 8.98. The van der Waals surface area contributed by atoms with Gasteiger partial charge in [-0.3, -0.25) is 0 Å². The number of rotatable bonds is 3. The van der Waals surface area contributed by atoms with Gasteiger partial charge in [-0.2, -0.15) is 0 Å². The Balaban J connectivity index is 1.96. The van der Waals surface area contributed by atoms with Gasteiger partial charge in [0.1, 0.15) is 0 Å². The van der Waals surface area contributed by atoms with Crippen LogP contribution in [0.4, 0.5) is 0 Å². The minimum atomic E-state index is 1.00. The summed E-state index contributed by atoms with van der Waals surface area (Å²) in [5.74, 6) is 0. The maximum Gasteiger partial charge on any atom is 0.156 e. The second-order valence-corrected chi connectivity index (χ2v) is 3.80. The summed E-state index contributed by atoms with van der Waals surface area (Å²) in [7, 11) is 2.25. The zero-order valence-corrected chi connectivity index (χ0v) is 8.98. The van der Waals surface area contributed by atoms with E-state index in [-0.39, 0.29) is 0 Å². The predicted molar refractivity (Wildman–Crippen MR) is 66.7 cm³/mol. The fourth-order valence-corrected chi connectivity index (χ4v) is 1.55. The Morgan fingerprint density at radius 2 is 1.53 bits per heavy atom. The van der Waals surface area contributed by atoms with Gasteiger partial charge in [-0.15, -0.1) is 0 Å². The molecule has 0 spiro atoms. The van der Waals surface area contributed by atoms with Gasteiger partial charge < -0.3 is 0 Å². The lowest BCUT2D eigenvalue weighted by Gasteiger charge is -2.01. The van der Waals surface area contributed by atoms with Crippen LogP contribution in [0.15, 0.2) is 54.6 Å². The number of aryl methyl sites for hydroxylation is 1. The molecule has 0 amide bonds. The summed E-state index contributed by atoms with van der Waals surface area (Å²) in [6.07, 6.45) is 1.00. The van der Waals surface area contributed by atoms with Crippen molar-refractivity contribution in [2.75, 3.05) is 0 Å². The number of benzene rings is 2. The summed E-state index contributed by atoms with van der Waals surface area (Å²) >= 11 is 0. The topological polar surface area (TPSA) is 0 Å². The van der Waals surface area contributed by atoms with E-state index in [0.717, 1.165) is 6.32 Å². The number of hydrogen-bond acceptors (Lipinski definition) is 0. The highest BCUT2D eigenvalue weighted by Gasteiger charge is 1.96. The highest BCUT2D eigenvalue weighted by Crippen LogP contribution is 2.02. The molecular formula is C14H14B. The third-order valence-corrected chi connectivity index (χ3v) is 2.49. The molecule has 0 bridgehead atoms. The average Bonchev–Trinajstić information content (AvgIpc) is 2.30. The fourth-order valence-electron chi connectivity index (χ4n) is 1.55. The Labute approximate surface area is 92.2 Å². The lowest BCUT2D eigenvalue weighted by molar-refractivity contribution is 1.35. The van der Waals surface area contributed by atoms with Crippen LogP contribution in [0.5, 0.6) is 0 Å². The molecule has 0 nitrogen and oxygen atoms in total. The Morgan fingerprint density at radius 1 is 0.867 bits per heavy atom. The van der Waals surface area contributed by atoms with E-state index in [2.05, 4.69) is 62.7 Å². The van der Waals surface area contributed by atoms with Crippen molar-refractivity contribution in [3.8, 4) is 0 Å².